The fourth-order valence-corrected chi connectivity index (χ4v) is 3.48. The van der Waals surface area contributed by atoms with Crippen LogP contribution in [0.3, 0.4) is 0 Å². The van der Waals surface area contributed by atoms with Crippen molar-refractivity contribution in [1.29, 1.82) is 0 Å². The molecular formula is C16H22N2O3S. The van der Waals surface area contributed by atoms with E-state index in [0.29, 0.717) is 6.54 Å². The first kappa shape index (κ1) is 16.8. The third-order valence-corrected chi connectivity index (χ3v) is 5.02. The fraction of sp³-hybridized carbons (Fsp3) is 0.500. The second-order valence-corrected chi connectivity index (χ2v) is 6.58. The minimum absolute atomic E-state index is 0.0190. The van der Waals surface area contributed by atoms with Gasteiger partial charge in [-0.1, -0.05) is 32.4 Å². The van der Waals surface area contributed by atoms with Crippen molar-refractivity contribution in [2.75, 3.05) is 23.7 Å². The third kappa shape index (κ3) is 3.81. The van der Waals surface area contributed by atoms with E-state index in [2.05, 4.69) is 5.32 Å². The van der Waals surface area contributed by atoms with Gasteiger partial charge in [0, 0.05) is 17.2 Å². The van der Waals surface area contributed by atoms with E-state index in [-0.39, 0.29) is 18.4 Å². The van der Waals surface area contributed by atoms with Gasteiger partial charge >= 0.3 is 5.97 Å². The van der Waals surface area contributed by atoms with Crippen molar-refractivity contribution < 1.29 is 14.7 Å². The third-order valence-electron chi connectivity index (χ3n) is 3.98. The fourth-order valence-electron chi connectivity index (χ4n) is 2.49. The first-order chi connectivity index (χ1) is 10.5. The highest BCUT2D eigenvalue weighted by Crippen LogP contribution is 2.34. The van der Waals surface area contributed by atoms with Crippen LogP contribution in [0.2, 0.25) is 0 Å². The van der Waals surface area contributed by atoms with Crippen molar-refractivity contribution in [3.63, 3.8) is 0 Å². The summed E-state index contributed by atoms with van der Waals surface area (Å²) in [6.07, 6.45) is 0.751. The Morgan fingerprint density at radius 2 is 2.14 bits per heavy atom. The molecule has 22 heavy (non-hydrogen) atoms. The van der Waals surface area contributed by atoms with Crippen LogP contribution >= 0.6 is 11.8 Å². The zero-order valence-corrected chi connectivity index (χ0v) is 13.7. The first-order valence-electron chi connectivity index (χ1n) is 7.53. The number of rotatable bonds is 6. The number of thioether (sulfide) groups is 1. The Labute approximate surface area is 135 Å². The summed E-state index contributed by atoms with van der Waals surface area (Å²) in [5.41, 5.74) is 0.918. The van der Waals surface area contributed by atoms with Gasteiger partial charge in [-0.2, -0.15) is 0 Å². The number of anilines is 1. The summed E-state index contributed by atoms with van der Waals surface area (Å²) < 4.78 is 0. The molecule has 1 aromatic carbocycles. The SMILES string of the molecule is CC[C@H](C)[C@H](NCC(=O)N1CCSc2ccccc21)C(=O)O. The van der Waals surface area contributed by atoms with Crippen LogP contribution in [0.5, 0.6) is 0 Å². The zero-order chi connectivity index (χ0) is 16.1. The van der Waals surface area contributed by atoms with Crippen LogP contribution in [0.1, 0.15) is 20.3 Å². The van der Waals surface area contributed by atoms with Crippen LogP contribution in [0, 0.1) is 5.92 Å². The Kier molecular flexibility index (Phi) is 5.85. The van der Waals surface area contributed by atoms with Crippen molar-refractivity contribution in [3.05, 3.63) is 24.3 Å². The second-order valence-electron chi connectivity index (χ2n) is 5.44. The predicted octanol–water partition coefficient (Wildman–Crippen LogP) is 2.21. The Morgan fingerprint density at radius 3 is 2.82 bits per heavy atom. The summed E-state index contributed by atoms with van der Waals surface area (Å²) in [7, 11) is 0. The average molecular weight is 322 g/mol. The van der Waals surface area contributed by atoms with Crippen molar-refractivity contribution in [2.24, 2.45) is 5.92 Å². The lowest BCUT2D eigenvalue weighted by molar-refractivity contribution is -0.140. The molecule has 1 heterocycles. The highest BCUT2D eigenvalue weighted by atomic mass is 32.2. The standard InChI is InChI=1S/C16H22N2O3S/c1-3-11(2)15(16(20)21)17-10-14(19)18-8-9-22-13-7-5-4-6-12(13)18/h4-7,11,15,17H,3,8-10H2,1-2H3,(H,20,21)/t11-,15-/m0/s1. The number of carbonyl (C=O) groups excluding carboxylic acids is 1. The Bertz CT molecular complexity index is 550. The van der Waals surface area contributed by atoms with Gasteiger partial charge in [-0.15, -0.1) is 11.8 Å². The molecular weight excluding hydrogens is 300 g/mol. The Balaban J connectivity index is 2.03. The molecule has 0 saturated heterocycles. The highest BCUT2D eigenvalue weighted by Gasteiger charge is 2.26. The van der Waals surface area contributed by atoms with Gasteiger partial charge in [0.05, 0.1) is 12.2 Å². The molecule has 120 valence electrons. The lowest BCUT2D eigenvalue weighted by atomic mass is 9.99. The number of nitrogens with one attached hydrogen (secondary N) is 1. The van der Waals surface area contributed by atoms with Gasteiger partial charge in [0.15, 0.2) is 0 Å². The van der Waals surface area contributed by atoms with Crippen molar-refractivity contribution in [2.45, 2.75) is 31.2 Å². The Morgan fingerprint density at radius 1 is 1.41 bits per heavy atom. The summed E-state index contributed by atoms with van der Waals surface area (Å²) in [6, 6.07) is 7.12. The van der Waals surface area contributed by atoms with E-state index in [4.69, 9.17) is 0 Å². The summed E-state index contributed by atoms with van der Waals surface area (Å²) >= 11 is 1.74. The number of carboxylic acid groups (broad SMARTS) is 1. The molecule has 0 radical (unpaired) electrons. The number of fused-ring (bicyclic) bond motifs is 1. The lowest BCUT2D eigenvalue weighted by Gasteiger charge is -2.30. The van der Waals surface area contributed by atoms with Crippen LogP contribution in [0.4, 0.5) is 5.69 Å². The minimum atomic E-state index is -0.906. The normalized spacial score (nSPS) is 16.7. The molecule has 0 aromatic heterocycles. The van der Waals surface area contributed by atoms with E-state index in [9.17, 15) is 14.7 Å². The number of carbonyl (C=O) groups is 2. The van der Waals surface area contributed by atoms with Crippen molar-refractivity contribution >= 4 is 29.3 Å². The van der Waals surface area contributed by atoms with E-state index in [1.54, 1.807) is 16.7 Å². The average Bonchev–Trinajstić information content (AvgIpc) is 2.53. The van der Waals surface area contributed by atoms with Gasteiger partial charge in [0.2, 0.25) is 5.91 Å². The molecule has 0 unspecified atom stereocenters. The van der Waals surface area contributed by atoms with E-state index in [1.165, 1.54) is 0 Å². The molecule has 0 bridgehead atoms. The quantitative estimate of drug-likeness (QED) is 0.840. The van der Waals surface area contributed by atoms with Crippen LogP contribution in [-0.4, -0.2) is 41.9 Å². The number of amides is 1. The topological polar surface area (TPSA) is 69.6 Å². The molecule has 0 spiro atoms. The number of nitrogens with zero attached hydrogens (tertiary/aromatic N) is 1. The van der Waals surface area contributed by atoms with Crippen molar-refractivity contribution in [3.8, 4) is 0 Å². The number of benzene rings is 1. The van der Waals surface area contributed by atoms with Crippen LogP contribution in [0.25, 0.3) is 0 Å². The maximum Gasteiger partial charge on any atom is 0.320 e. The lowest BCUT2D eigenvalue weighted by Crippen LogP contribution is -2.48. The Hall–Kier alpha value is -1.53. The first-order valence-corrected chi connectivity index (χ1v) is 8.51. The van der Waals surface area contributed by atoms with Crippen LogP contribution in [0.15, 0.2) is 29.2 Å². The molecule has 2 atom stereocenters. The number of para-hydroxylation sites is 1. The number of hydrogen-bond acceptors (Lipinski definition) is 4. The molecule has 2 rings (SSSR count). The molecule has 1 amide bonds. The van der Waals surface area contributed by atoms with Gasteiger partial charge in [-0.3, -0.25) is 14.9 Å². The minimum Gasteiger partial charge on any atom is -0.480 e. The molecule has 1 aliphatic rings. The molecule has 5 nitrogen and oxygen atoms in total. The summed E-state index contributed by atoms with van der Waals surface area (Å²) in [6.45, 7) is 4.52. The second kappa shape index (κ2) is 7.65. The summed E-state index contributed by atoms with van der Waals surface area (Å²) in [5, 5.41) is 12.2. The van der Waals surface area contributed by atoms with Gasteiger partial charge in [0.1, 0.15) is 6.04 Å². The zero-order valence-electron chi connectivity index (χ0n) is 12.9. The van der Waals surface area contributed by atoms with E-state index < -0.39 is 12.0 Å². The van der Waals surface area contributed by atoms with Crippen LogP contribution < -0.4 is 10.2 Å². The van der Waals surface area contributed by atoms with Gasteiger partial charge in [0.25, 0.3) is 0 Å². The van der Waals surface area contributed by atoms with Gasteiger partial charge in [-0.25, -0.2) is 0 Å². The molecule has 0 saturated carbocycles. The maximum atomic E-state index is 12.5. The number of aliphatic carboxylic acids is 1. The van der Waals surface area contributed by atoms with Crippen LogP contribution in [-0.2, 0) is 9.59 Å². The van der Waals surface area contributed by atoms with E-state index >= 15 is 0 Å². The number of hydrogen-bond donors (Lipinski definition) is 2. The molecule has 1 aliphatic heterocycles. The largest absolute Gasteiger partial charge is 0.480 e. The molecule has 6 heteroatoms. The summed E-state index contributed by atoms with van der Waals surface area (Å²) in [5.74, 6) is -0.148. The summed E-state index contributed by atoms with van der Waals surface area (Å²) in [4.78, 5) is 26.6. The van der Waals surface area contributed by atoms with E-state index in [0.717, 1.165) is 22.8 Å². The number of carboxylic acids is 1. The van der Waals surface area contributed by atoms with Gasteiger partial charge in [-0.05, 0) is 18.1 Å². The smallest absolute Gasteiger partial charge is 0.320 e. The van der Waals surface area contributed by atoms with E-state index in [1.807, 2.05) is 38.1 Å². The van der Waals surface area contributed by atoms with Crippen molar-refractivity contribution in [1.82, 2.24) is 5.32 Å². The monoisotopic (exact) mass is 322 g/mol. The molecule has 0 aliphatic carbocycles. The predicted molar refractivity (Wildman–Crippen MR) is 88.4 cm³/mol. The molecule has 0 fully saturated rings. The maximum absolute atomic E-state index is 12.5. The highest BCUT2D eigenvalue weighted by molar-refractivity contribution is 7.99. The molecule has 1 aromatic rings. The van der Waals surface area contributed by atoms with Gasteiger partial charge < -0.3 is 10.0 Å². The molecule has 2 N–H and O–H groups in total.